The van der Waals surface area contributed by atoms with Gasteiger partial charge in [-0.3, -0.25) is 9.78 Å². The second-order valence-corrected chi connectivity index (χ2v) is 7.19. The molecule has 1 atom stereocenters. The summed E-state index contributed by atoms with van der Waals surface area (Å²) in [5.41, 5.74) is 1.54. The molecule has 0 aliphatic carbocycles. The Morgan fingerprint density at radius 2 is 2.21 bits per heavy atom. The third kappa shape index (κ3) is 3.81. The Morgan fingerprint density at radius 3 is 3.04 bits per heavy atom. The molecular formula is C22H24N2O4. The van der Waals surface area contributed by atoms with Gasteiger partial charge in [0.25, 0.3) is 5.91 Å². The lowest BCUT2D eigenvalue weighted by atomic mass is 9.98. The second-order valence-electron chi connectivity index (χ2n) is 7.19. The number of aromatic nitrogens is 1. The summed E-state index contributed by atoms with van der Waals surface area (Å²) in [6.07, 6.45) is 3.75. The van der Waals surface area contributed by atoms with Crippen molar-refractivity contribution in [1.29, 1.82) is 0 Å². The topological polar surface area (TPSA) is 64.8 Å². The van der Waals surface area contributed by atoms with E-state index in [4.69, 9.17) is 13.9 Å². The first-order valence-electron chi connectivity index (χ1n) is 9.55. The van der Waals surface area contributed by atoms with Crippen LogP contribution in [-0.2, 0) is 0 Å². The van der Waals surface area contributed by atoms with Crippen LogP contribution in [0.2, 0.25) is 0 Å². The van der Waals surface area contributed by atoms with Crippen LogP contribution in [0.3, 0.4) is 0 Å². The van der Waals surface area contributed by atoms with Gasteiger partial charge in [0.2, 0.25) is 0 Å². The minimum absolute atomic E-state index is 0.0808. The van der Waals surface area contributed by atoms with Gasteiger partial charge in [-0.25, -0.2) is 0 Å². The van der Waals surface area contributed by atoms with Crippen molar-refractivity contribution in [3.63, 3.8) is 0 Å². The molecule has 3 aromatic rings. The normalized spacial score (nSPS) is 16.9. The van der Waals surface area contributed by atoms with Crippen molar-refractivity contribution in [3.8, 4) is 11.5 Å². The van der Waals surface area contributed by atoms with E-state index in [1.807, 2.05) is 42.2 Å². The van der Waals surface area contributed by atoms with E-state index in [0.29, 0.717) is 36.2 Å². The standard InChI is InChI=1S/C22H24N2O4/c1-15-11-18(8-9-23-15)27-14-16-5-4-10-24(13-16)22(25)20-12-17-6-3-7-19(26-2)21(17)28-20/h3,6-9,11-12,16H,4-5,10,13-14H2,1-2H3. The molecule has 0 N–H and O–H groups in total. The number of amides is 1. The zero-order valence-corrected chi connectivity index (χ0v) is 16.2. The highest BCUT2D eigenvalue weighted by molar-refractivity contribution is 5.97. The fourth-order valence-electron chi connectivity index (χ4n) is 3.67. The zero-order valence-electron chi connectivity index (χ0n) is 16.2. The van der Waals surface area contributed by atoms with Crippen molar-refractivity contribution in [3.05, 3.63) is 54.0 Å². The van der Waals surface area contributed by atoms with Crippen molar-refractivity contribution >= 4 is 16.9 Å². The van der Waals surface area contributed by atoms with Crippen molar-refractivity contribution in [2.75, 3.05) is 26.8 Å². The van der Waals surface area contributed by atoms with E-state index < -0.39 is 0 Å². The van der Waals surface area contributed by atoms with Gasteiger partial charge in [-0.1, -0.05) is 12.1 Å². The summed E-state index contributed by atoms with van der Waals surface area (Å²) in [6.45, 7) is 3.92. The maximum Gasteiger partial charge on any atom is 0.289 e. The van der Waals surface area contributed by atoms with Gasteiger partial charge in [0.15, 0.2) is 17.1 Å². The molecule has 1 saturated heterocycles. The molecule has 6 heteroatoms. The molecule has 28 heavy (non-hydrogen) atoms. The first-order chi connectivity index (χ1) is 13.6. The fourth-order valence-corrected chi connectivity index (χ4v) is 3.67. The van der Waals surface area contributed by atoms with Crippen molar-refractivity contribution in [2.24, 2.45) is 5.92 Å². The number of benzene rings is 1. The van der Waals surface area contributed by atoms with Crippen LogP contribution in [0.4, 0.5) is 0 Å². The maximum atomic E-state index is 13.0. The number of pyridine rings is 1. The predicted molar refractivity (Wildman–Crippen MR) is 106 cm³/mol. The molecule has 0 radical (unpaired) electrons. The smallest absolute Gasteiger partial charge is 0.289 e. The molecule has 1 unspecified atom stereocenters. The number of carbonyl (C=O) groups excluding carboxylic acids is 1. The van der Waals surface area contributed by atoms with Gasteiger partial charge in [0.1, 0.15) is 5.75 Å². The van der Waals surface area contributed by atoms with Crippen LogP contribution in [-0.4, -0.2) is 42.6 Å². The first kappa shape index (κ1) is 18.3. The number of ether oxygens (including phenoxy) is 2. The first-order valence-corrected chi connectivity index (χ1v) is 9.55. The quantitative estimate of drug-likeness (QED) is 0.667. The van der Waals surface area contributed by atoms with Crippen LogP contribution in [0.1, 0.15) is 29.1 Å². The number of piperidine rings is 1. The molecule has 1 aliphatic heterocycles. The number of nitrogens with zero attached hydrogens (tertiary/aromatic N) is 2. The minimum atomic E-state index is -0.0808. The third-order valence-corrected chi connectivity index (χ3v) is 5.10. The molecule has 0 bridgehead atoms. The Kier molecular flexibility index (Phi) is 5.19. The molecule has 3 heterocycles. The molecule has 1 fully saturated rings. The van der Waals surface area contributed by atoms with E-state index in [0.717, 1.165) is 36.2 Å². The van der Waals surface area contributed by atoms with Gasteiger partial charge < -0.3 is 18.8 Å². The molecule has 1 aliphatic rings. The number of carbonyl (C=O) groups is 1. The Bertz CT molecular complexity index is 982. The lowest BCUT2D eigenvalue weighted by Crippen LogP contribution is -2.41. The van der Waals surface area contributed by atoms with Crippen molar-refractivity contribution in [2.45, 2.75) is 19.8 Å². The summed E-state index contributed by atoms with van der Waals surface area (Å²) in [7, 11) is 1.60. The average molecular weight is 380 g/mol. The molecule has 1 amide bonds. The third-order valence-electron chi connectivity index (χ3n) is 5.10. The Labute approximate surface area is 164 Å². The fraction of sp³-hybridized carbons (Fsp3) is 0.364. The monoisotopic (exact) mass is 380 g/mol. The van der Waals surface area contributed by atoms with Crippen LogP contribution in [0.25, 0.3) is 11.0 Å². The molecule has 0 spiro atoms. The van der Waals surface area contributed by atoms with Crippen LogP contribution in [0.15, 0.2) is 47.0 Å². The number of para-hydroxylation sites is 1. The SMILES string of the molecule is COc1cccc2cc(C(=O)N3CCCC(COc4ccnc(C)c4)C3)oc12. The molecule has 6 nitrogen and oxygen atoms in total. The van der Waals surface area contributed by atoms with Crippen LogP contribution < -0.4 is 9.47 Å². The lowest BCUT2D eigenvalue weighted by Gasteiger charge is -2.32. The van der Waals surface area contributed by atoms with Crippen LogP contribution >= 0.6 is 0 Å². The van der Waals surface area contributed by atoms with Gasteiger partial charge in [0, 0.05) is 42.4 Å². The Balaban J connectivity index is 1.43. The van der Waals surface area contributed by atoms with Gasteiger partial charge in [-0.15, -0.1) is 0 Å². The van der Waals surface area contributed by atoms with Crippen molar-refractivity contribution < 1.29 is 18.7 Å². The minimum Gasteiger partial charge on any atom is -0.493 e. The zero-order chi connectivity index (χ0) is 19.5. The highest BCUT2D eigenvalue weighted by Crippen LogP contribution is 2.30. The van der Waals surface area contributed by atoms with E-state index in [-0.39, 0.29) is 5.91 Å². The lowest BCUT2D eigenvalue weighted by molar-refractivity contribution is 0.0604. The molecule has 4 rings (SSSR count). The average Bonchev–Trinajstić information content (AvgIpc) is 3.16. The summed E-state index contributed by atoms with van der Waals surface area (Å²) in [6, 6.07) is 11.2. The molecule has 146 valence electrons. The summed E-state index contributed by atoms with van der Waals surface area (Å²) in [5.74, 6) is 2.02. The second kappa shape index (κ2) is 7.92. The van der Waals surface area contributed by atoms with E-state index in [2.05, 4.69) is 4.98 Å². The van der Waals surface area contributed by atoms with Crippen LogP contribution in [0.5, 0.6) is 11.5 Å². The largest absolute Gasteiger partial charge is 0.493 e. The van der Waals surface area contributed by atoms with Gasteiger partial charge in [-0.05, 0) is 38.0 Å². The molecule has 2 aromatic heterocycles. The number of likely N-dealkylation sites (tertiary alicyclic amines) is 1. The molecule has 0 saturated carbocycles. The highest BCUT2D eigenvalue weighted by atomic mass is 16.5. The number of hydrogen-bond acceptors (Lipinski definition) is 5. The summed E-state index contributed by atoms with van der Waals surface area (Å²) in [4.78, 5) is 19.0. The highest BCUT2D eigenvalue weighted by Gasteiger charge is 2.27. The van der Waals surface area contributed by atoms with Gasteiger partial charge in [-0.2, -0.15) is 0 Å². The summed E-state index contributed by atoms with van der Waals surface area (Å²) >= 11 is 0. The van der Waals surface area contributed by atoms with Gasteiger partial charge >= 0.3 is 0 Å². The molecule has 1 aromatic carbocycles. The van der Waals surface area contributed by atoms with E-state index in [1.165, 1.54) is 0 Å². The Hall–Kier alpha value is -3.02. The number of aryl methyl sites for hydroxylation is 1. The van der Waals surface area contributed by atoms with E-state index in [9.17, 15) is 4.79 Å². The van der Waals surface area contributed by atoms with E-state index >= 15 is 0 Å². The predicted octanol–water partition coefficient (Wildman–Crippen LogP) is 4.08. The van der Waals surface area contributed by atoms with E-state index in [1.54, 1.807) is 19.4 Å². The number of methoxy groups -OCH3 is 1. The van der Waals surface area contributed by atoms with Crippen LogP contribution in [0, 0.1) is 12.8 Å². The van der Waals surface area contributed by atoms with Crippen molar-refractivity contribution in [1.82, 2.24) is 9.88 Å². The number of hydrogen-bond donors (Lipinski definition) is 0. The maximum absolute atomic E-state index is 13.0. The number of furan rings is 1. The summed E-state index contributed by atoms with van der Waals surface area (Å²) in [5, 5.41) is 0.868. The van der Waals surface area contributed by atoms with Gasteiger partial charge in [0.05, 0.1) is 13.7 Å². The summed E-state index contributed by atoms with van der Waals surface area (Å²) < 4.78 is 17.1. The number of rotatable bonds is 5. The Morgan fingerprint density at radius 1 is 1.32 bits per heavy atom. The number of fused-ring (bicyclic) bond motifs is 1. The molecular weight excluding hydrogens is 356 g/mol.